The fourth-order valence-electron chi connectivity index (χ4n) is 1.82. The van der Waals surface area contributed by atoms with Crippen molar-refractivity contribution in [2.45, 2.75) is 0 Å². The number of carbonyl (C=O) groups excluding carboxylic acids is 1. The van der Waals surface area contributed by atoms with Gasteiger partial charge in [0, 0.05) is 22.3 Å². The number of halogens is 1. The summed E-state index contributed by atoms with van der Waals surface area (Å²) in [6.45, 7) is 0. The third-order valence-electron chi connectivity index (χ3n) is 2.86. The Kier molecular flexibility index (Phi) is 5.69. The molecule has 8 nitrogen and oxygen atoms in total. The number of nitro groups is 1. The number of amides is 2. The minimum Gasteiger partial charge on any atom is -0.490 e. The lowest BCUT2D eigenvalue weighted by atomic mass is 10.2. The van der Waals surface area contributed by atoms with Gasteiger partial charge in [0.15, 0.2) is 5.75 Å². The molecular weight excluding hydrogens is 336 g/mol. The largest absolute Gasteiger partial charge is 0.490 e. The van der Waals surface area contributed by atoms with E-state index < -0.39 is 11.0 Å². The van der Waals surface area contributed by atoms with Crippen molar-refractivity contribution < 1.29 is 14.5 Å². The van der Waals surface area contributed by atoms with E-state index in [1.54, 1.807) is 30.3 Å². The molecule has 2 aromatic rings. The third kappa shape index (κ3) is 4.68. The van der Waals surface area contributed by atoms with Crippen molar-refractivity contribution in [3.8, 4) is 5.75 Å². The molecule has 0 bridgehead atoms. The van der Waals surface area contributed by atoms with Crippen LogP contribution in [0.15, 0.2) is 47.6 Å². The summed E-state index contributed by atoms with van der Waals surface area (Å²) in [6, 6.07) is 10.4. The quantitative estimate of drug-likeness (QED) is 0.490. The predicted octanol–water partition coefficient (Wildman–Crippen LogP) is 3.41. The lowest BCUT2D eigenvalue weighted by Gasteiger charge is -2.04. The van der Waals surface area contributed by atoms with Crippen molar-refractivity contribution in [1.29, 1.82) is 0 Å². The Morgan fingerprint density at radius 3 is 2.79 bits per heavy atom. The molecule has 0 aliphatic rings. The van der Waals surface area contributed by atoms with Crippen LogP contribution >= 0.6 is 11.6 Å². The van der Waals surface area contributed by atoms with Crippen molar-refractivity contribution in [2.24, 2.45) is 5.10 Å². The molecule has 24 heavy (non-hydrogen) atoms. The van der Waals surface area contributed by atoms with Crippen LogP contribution in [0, 0.1) is 10.1 Å². The maximum Gasteiger partial charge on any atom is 0.339 e. The van der Waals surface area contributed by atoms with E-state index in [0.717, 1.165) is 0 Å². The summed E-state index contributed by atoms with van der Waals surface area (Å²) in [6.07, 6.45) is 1.28. The molecule has 0 unspecified atom stereocenters. The van der Waals surface area contributed by atoms with Crippen LogP contribution in [0.25, 0.3) is 0 Å². The second kappa shape index (κ2) is 7.93. The summed E-state index contributed by atoms with van der Waals surface area (Å²) in [5.41, 5.74) is 3.01. The molecule has 2 amide bonds. The van der Waals surface area contributed by atoms with Crippen molar-refractivity contribution in [1.82, 2.24) is 5.43 Å². The summed E-state index contributed by atoms with van der Waals surface area (Å²) >= 11 is 5.81. The Morgan fingerprint density at radius 2 is 2.12 bits per heavy atom. The number of hydrogen-bond acceptors (Lipinski definition) is 5. The van der Waals surface area contributed by atoms with Crippen LogP contribution in [0.3, 0.4) is 0 Å². The molecule has 0 fully saturated rings. The number of rotatable bonds is 5. The number of benzene rings is 2. The Morgan fingerprint density at radius 1 is 1.33 bits per heavy atom. The molecule has 0 saturated carbocycles. The summed E-state index contributed by atoms with van der Waals surface area (Å²) in [5, 5.41) is 17.7. The number of nitrogens with zero attached hydrogens (tertiary/aromatic N) is 2. The molecule has 2 rings (SSSR count). The van der Waals surface area contributed by atoms with E-state index in [4.69, 9.17) is 16.3 Å². The van der Waals surface area contributed by atoms with Crippen LogP contribution in [0.1, 0.15) is 5.56 Å². The zero-order chi connectivity index (χ0) is 17.5. The highest BCUT2D eigenvalue weighted by Crippen LogP contribution is 2.26. The van der Waals surface area contributed by atoms with Crippen LogP contribution in [-0.4, -0.2) is 24.3 Å². The monoisotopic (exact) mass is 348 g/mol. The number of anilines is 1. The fraction of sp³-hybridized carbons (Fsp3) is 0.0667. The molecule has 0 atom stereocenters. The highest BCUT2D eigenvalue weighted by atomic mass is 35.5. The predicted molar refractivity (Wildman–Crippen MR) is 90.8 cm³/mol. The Hall–Kier alpha value is -3.13. The van der Waals surface area contributed by atoms with Gasteiger partial charge in [-0.1, -0.05) is 17.7 Å². The van der Waals surface area contributed by atoms with E-state index in [1.165, 1.54) is 25.5 Å². The van der Waals surface area contributed by atoms with E-state index in [9.17, 15) is 14.9 Å². The van der Waals surface area contributed by atoms with Gasteiger partial charge in [0.2, 0.25) is 0 Å². The molecule has 0 saturated heterocycles. The first-order valence-electron chi connectivity index (χ1n) is 6.67. The summed E-state index contributed by atoms with van der Waals surface area (Å²) in [5.74, 6) is 0.142. The lowest BCUT2D eigenvalue weighted by molar-refractivity contribution is -0.385. The maximum absolute atomic E-state index is 11.7. The van der Waals surface area contributed by atoms with Crippen LogP contribution < -0.4 is 15.5 Å². The van der Waals surface area contributed by atoms with E-state index >= 15 is 0 Å². The standard InChI is InChI=1S/C15H13ClN4O4/c1-24-14-6-5-10(7-13(14)20(22)23)9-17-19-15(21)18-12-4-2-3-11(16)8-12/h2-9H,1H3,(H2,18,19,21)/b17-9-. The molecule has 0 aliphatic carbocycles. The van der Waals surface area contributed by atoms with Crippen LogP contribution in [0.2, 0.25) is 5.02 Å². The Balaban J connectivity index is 1.99. The molecule has 9 heteroatoms. The average molecular weight is 349 g/mol. The molecule has 0 aromatic heterocycles. The van der Waals surface area contributed by atoms with Gasteiger partial charge in [0.25, 0.3) is 0 Å². The van der Waals surface area contributed by atoms with Gasteiger partial charge in [0.05, 0.1) is 18.2 Å². The first kappa shape index (κ1) is 17.2. The minimum absolute atomic E-state index is 0.142. The van der Waals surface area contributed by atoms with Gasteiger partial charge >= 0.3 is 11.7 Å². The topological polar surface area (TPSA) is 106 Å². The van der Waals surface area contributed by atoms with Gasteiger partial charge in [0.1, 0.15) is 0 Å². The molecule has 0 aliphatic heterocycles. The van der Waals surface area contributed by atoms with E-state index in [2.05, 4.69) is 15.8 Å². The number of nitrogens with one attached hydrogen (secondary N) is 2. The van der Waals surface area contributed by atoms with Crippen LogP contribution in [0.5, 0.6) is 5.75 Å². The number of methoxy groups -OCH3 is 1. The zero-order valence-electron chi connectivity index (χ0n) is 12.5. The van der Waals surface area contributed by atoms with Crippen molar-refractivity contribution >= 4 is 35.2 Å². The summed E-state index contributed by atoms with van der Waals surface area (Å²) in [7, 11) is 1.35. The first-order chi connectivity index (χ1) is 11.5. The molecule has 124 valence electrons. The summed E-state index contributed by atoms with van der Waals surface area (Å²) in [4.78, 5) is 22.1. The van der Waals surface area contributed by atoms with Gasteiger partial charge in [-0.3, -0.25) is 10.1 Å². The van der Waals surface area contributed by atoms with E-state index in [-0.39, 0.29) is 11.4 Å². The van der Waals surface area contributed by atoms with Gasteiger partial charge in [-0.05, 0) is 30.3 Å². The van der Waals surface area contributed by atoms with Gasteiger partial charge in [-0.15, -0.1) is 0 Å². The number of ether oxygens (including phenoxy) is 1. The van der Waals surface area contributed by atoms with Gasteiger partial charge in [-0.25, -0.2) is 10.2 Å². The fourth-order valence-corrected chi connectivity index (χ4v) is 2.01. The number of hydrazone groups is 1. The number of urea groups is 1. The molecule has 2 N–H and O–H groups in total. The highest BCUT2D eigenvalue weighted by molar-refractivity contribution is 6.30. The Bertz CT molecular complexity index is 795. The molecule has 0 radical (unpaired) electrons. The highest BCUT2D eigenvalue weighted by Gasteiger charge is 2.14. The van der Waals surface area contributed by atoms with Crippen LogP contribution in [0.4, 0.5) is 16.2 Å². The third-order valence-corrected chi connectivity index (χ3v) is 3.10. The van der Waals surface area contributed by atoms with Gasteiger partial charge < -0.3 is 10.1 Å². The number of carbonyl (C=O) groups is 1. The molecule has 0 heterocycles. The zero-order valence-corrected chi connectivity index (χ0v) is 13.3. The molecule has 0 spiro atoms. The molecule has 2 aromatic carbocycles. The lowest BCUT2D eigenvalue weighted by Crippen LogP contribution is -2.24. The van der Waals surface area contributed by atoms with E-state index in [0.29, 0.717) is 16.3 Å². The smallest absolute Gasteiger partial charge is 0.339 e. The van der Waals surface area contributed by atoms with E-state index in [1.807, 2.05) is 0 Å². The second-order valence-corrected chi connectivity index (χ2v) is 4.96. The second-order valence-electron chi connectivity index (χ2n) is 4.52. The summed E-state index contributed by atoms with van der Waals surface area (Å²) < 4.78 is 4.90. The number of nitro benzene ring substituents is 1. The van der Waals surface area contributed by atoms with Gasteiger partial charge in [-0.2, -0.15) is 5.10 Å². The first-order valence-corrected chi connectivity index (χ1v) is 7.05. The normalized spacial score (nSPS) is 10.4. The van der Waals surface area contributed by atoms with Crippen molar-refractivity contribution in [2.75, 3.05) is 12.4 Å². The number of hydrogen-bond donors (Lipinski definition) is 2. The van der Waals surface area contributed by atoms with Crippen LogP contribution in [-0.2, 0) is 0 Å². The van der Waals surface area contributed by atoms with Crippen molar-refractivity contribution in [3.63, 3.8) is 0 Å². The minimum atomic E-state index is -0.573. The SMILES string of the molecule is COc1ccc(/C=N\NC(=O)Nc2cccc(Cl)c2)cc1[N+](=O)[O-]. The van der Waals surface area contributed by atoms with Crippen molar-refractivity contribution in [3.05, 3.63) is 63.2 Å². The Labute approximate surface area is 142 Å². The molecular formula is C15H13ClN4O4. The average Bonchev–Trinajstić information content (AvgIpc) is 2.54. The maximum atomic E-state index is 11.7.